The van der Waals surface area contributed by atoms with Crippen LogP contribution in [-0.2, 0) is 5.41 Å². The van der Waals surface area contributed by atoms with Gasteiger partial charge in [0.25, 0.3) is 0 Å². The van der Waals surface area contributed by atoms with Crippen molar-refractivity contribution in [2.45, 2.75) is 19.3 Å². The van der Waals surface area contributed by atoms with Crippen molar-refractivity contribution < 1.29 is 0 Å². The smallest absolute Gasteiger partial charge is 0.0452 e. The van der Waals surface area contributed by atoms with Crippen LogP contribution < -0.4 is 10.6 Å². The zero-order valence-electron chi connectivity index (χ0n) is 9.17. The van der Waals surface area contributed by atoms with Crippen LogP contribution in [0.4, 0.5) is 0 Å². The summed E-state index contributed by atoms with van der Waals surface area (Å²) in [6.45, 7) is 6.21. The van der Waals surface area contributed by atoms with Crippen molar-refractivity contribution in [1.82, 2.24) is 15.6 Å². The number of hydrogen-bond acceptors (Lipinski definition) is 3. The summed E-state index contributed by atoms with van der Waals surface area (Å²) in [6.07, 6.45) is 3.74. The first-order chi connectivity index (χ1) is 6.67. The first-order valence-electron chi connectivity index (χ1n) is 4.92. The highest BCUT2D eigenvalue weighted by molar-refractivity contribution is 5.19. The second kappa shape index (κ2) is 5.08. The van der Waals surface area contributed by atoms with Gasteiger partial charge in [0.1, 0.15) is 0 Å². The third-order valence-electron chi connectivity index (χ3n) is 2.31. The number of nitrogens with zero attached hydrogens (tertiary/aromatic N) is 1. The summed E-state index contributed by atoms with van der Waals surface area (Å²) in [5, 5.41) is 6.40. The van der Waals surface area contributed by atoms with Gasteiger partial charge in [-0.15, -0.1) is 0 Å². The van der Waals surface area contributed by atoms with Gasteiger partial charge in [0.15, 0.2) is 0 Å². The van der Waals surface area contributed by atoms with Crippen LogP contribution in [0.25, 0.3) is 0 Å². The van der Waals surface area contributed by atoms with Gasteiger partial charge in [0.05, 0.1) is 0 Å². The number of aromatic nitrogens is 1. The predicted molar refractivity (Wildman–Crippen MR) is 59.2 cm³/mol. The van der Waals surface area contributed by atoms with Crippen LogP contribution in [0.1, 0.15) is 19.4 Å². The summed E-state index contributed by atoms with van der Waals surface area (Å²) in [4.78, 5) is 4.14. The van der Waals surface area contributed by atoms with E-state index in [2.05, 4.69) is 35.5 Å². The fourth-order valence-corrected chi connectivity index (χ4v) is 1.37. The largest absolute Gasteiger partial charge is 0.308 e. The van der Waals surface area contributed by atoms with Gasteiger partial charge in [-0.05, 0) is 18.7 Å². The molecule has 0 aliphatic heterocycles. The first-order valence-corrected chi connectivity index (χ1v) is 4.92. The third kappa shape index (κ3) is 3.09. The Morgan fingerprint density at radius 1 is 1.43 bits per heavy atom. The number of pyridine rings is 1. The monoisotopic (exact) mass is 193 g/mol. The van der Waals surface area contributed by atoms with Crippen LogP contribution in [0, 0.1) is 0 Å². The van der Waals surface area contributed by atoms with E-state index >= 15 is 0 Å². The summed E-state index contributed by atoms with van der Waals surface area (Å²) < 4.78 is 0. The molecule has 0 atom stereocenters. The molecule has 0 saturated heterocycles. The topological polar surface area (TPSA) is 37.0 Å². The van der Waals surface area contributed by atoms with Crippen LogP contribution in [-0.4, -0.2) is 25.2 Å². The van der Waals surface area contributed by atoms with Gasteiger partial charge < -0.3 is 10.6 Å². The van der Waals surface area contributed by atoms with Crippen LogP contribution in [0.15, 0.2) is 24.5 Å². The number of nitrogens with one attached hydrogen (secondary N) is 2. The summed E-state index contributed by atoms with van der Waals surface area (Å²) in [5.74, 6) is 0. The Morgan fingerprint density at radius 3 is 2.79 bits per heavy atom. The number of rotatable bonds is 5. The highest BCUT2D eigenvalue weighted by Crippen LogP contribution is 2.20. The van der Waals surface area contributed by atoms with E-state index in [1.807, 2.05) is 19.3 Å². The van der Waals surface area contributed by atoms with E-state index in [0.717, 1.165) is 13.2 Å². The first kappa shape index (κ1) is 11.1. The molecule has 3 heteroatoms. The molecule has 14 heavy (non-hydrogen) atoms. The molecule has 78 valence electrons. The van der Waals surface area contributed by atoms with Crippen LogP contribution >= 0.6 is 0 Å². The van der Waals surface area contributed by atoms with E-state index in [1.165, 1.54) is 5.56 Å². The van der Waals surface area contributed by atoms with Crippen LogP contribution in [0.2, 0.25) is 0 Å². The van der Waals surface area contributed by atoms with Crippen molar-refractivity contribution in [3.8, 4) is 0 Å². The minimum absolute atomic E-state index is 0.130. The standard InChI is InChI=1S/C11H19N3/c1-11(2,8-14-9-12-3)10-5-4-6-13-7-10/h4-7,12,14H,8-9H2,1-3H3. The molecule has 1 heterocycles. The molecule has 0 saturated carbocycles. The maximum Gasteiger partial charge on any atom is 0.0452 e. The van der Waals surface area contributed by atoms with Gasteiger partial charge in [-0.1, -0.05) is 19.9 Å². The molecule has 0 fully saturated rings. The Bertz CT molecular complexity index is 256. The molecule has 0 aromatic carbocycles. The van der Waals surface area contributed by atoms with Gasteiger partial charge in [0, 0.05) is 31.0 Å². The van der Waals surface area contributed by atoms with E-state index in [1.54, 1.807) is 6.20 Å². The molecule has 0 aliphatic carbocycles. The molecule has 0 amide bonds. The van der Waals surface area contributed by atoms with Crippen molar-refractivity contribution in [1.29, 1.82) is 0 Å². The molecule has 1 rings (SSSR count). The van der Waals surface area contributed by atoms with Gasteiger partial charge in [-0.2, -0.15) is 0 Å². The summed E-state index contributed by atoms with van der Waals surface area (Å²) in [5.41, 5.74) is 1.40. The summed E-state index contributed by atoms with van der Waals surface area (Å²) in [7, 11) is 1.93. The molecule has 0 unspecified atom stereocenters. The molecular weight excluding hydrogens is 174 g/mol. The van der Waals surface area contributed by atoms with Crippen molar-refractivity contribution >= 4 is 0 Å². The average molecular weight is 193 g/mol. The average Bonchev–Trinajstić information content (AvgIpc) is 2.19. The third-order valence-corrected chi connectivity index (χ3v) is 2.31. The number of hydrogen-bond donors (Lipinski definition) is 2. The summed E-state index contributed by atoms with van der Waals surface area (Å²) >= 11 is 0. The Kier molecular flexibility index (Phi) is 4.04. The minimum Gasteiger partial charge on any atom is -0.308 e. The molecule has 1 aromatic heterocycles. The second-order valence-electron chi connectivity index (χ2n) is 4.08. The molecule has 0 spiro atoms. The zero-order valence-corrected chi connectivity index (χ0v) is 9.17. The van der Waals surface area contributed by atoms with E-state index in [0.29, 0.717) is 0 Å². The van der Waals surface area contributed by atoms with E-state index in [9.17, 15) is 0 Å². The highest BCUT2D eigenvalue weighted by Gasteiger charge is 2.19. The van der Waals surface area contributed by atoms with Crippen molar-refractivity contribution in [3.63, 3.8) is 0 Å². The normalized spacial score (nSPS) is 11.6. The molecule has 0 bridgehead atoms. The van der Waals surface area contributed by atoms with Crippen LogP contribution in [0.3, 0.4) is 0 Å². The Morgan fingerprint density at radius 2 is 2.21 bits per heavy atom. The zero-order chi connectivity index (χ0) is 10.4. The Hall–Kier alpha value is -0.930. The summed E-state index contributed by atoms with van der Waals surface area (Å²) in [6, 6.07) is 4.10. The second-order valence-corrected chi connectivity index (χ2v) is 4.08. The van der Waals surface area contributed by atoms with Crippen molar-refractivity contribution in [3.05, 3.63) is 30.1 Å². The SMILES string of the molecule is CNCNCC(C)(C)c1cccnc1. The molecular formula is C11H19N3. The van der Waals surface area contributed by atoms with E-state index in [-0.39, 0.29) is 5.41 Å². The van der Waals surface area contributed by atoms with E-state index < -0.39 is 0 Å². The van der Waals surface area contributed by atoms with Crippen molar-refractivity contribution in [2.24, 2.45) is 0 Å². The van der Waals surface area contributed by atoms with E-state index in [4.69, 9.17) is 0 Å². The quantitative estimate of drug-likeness (QED) is 0.543. The molecule has 1 aromatic rings. The maximum absolute atomic E-state index is 4.14. The lowest BCUT2D eigenvalue weighted by atomic mass is 9.86. The van der Waals surface area contributed by atoms with Crippen LogP contribution in [0.5, 0.6) is 0 Å². The van der Waals surface area contributed by atoms with Gasteiger partial charge >= 0.3 is 0 Å². The van der Waals surface area contributed by atoms with Crippen molar-refractivity contribution in [2.75, 3.05) is 20.3 Å². The molecule has 3 nitrogen and oxygen atoms in total. The van der Waals surface area contributed by atoms with Gasteiger partial charge in [0.2, 0.25) is 0 Å². The van der Waals surface area contributed by atoms with Gasteiger partial charge in [-0.25, -0.2) is 0 Å². The minimum atomic E-state index is 0.130. The highest BCUT2D eigenvalue weighted by atomic mass is 15.0. The maximum atomic E-state index is 4.14. The molecule has 2 N–H and O–H groups in total. The lowest BCUT2D eigenvalue weighted by Gasteiger charge is -2.25. The molecule has 0 aliphatic rings. The Balaban J connectivity index is 2.56. The molecule has 0 radical (unpaired) electrons. The lowest BCUT2D eigenvalue weighted by Crippen LogP contribution is -2.37. The lowest BCUT2D eigenvalue weighted by molar-refractivity contribution is 0.459. The van der Waals surface area contributed by atoms with Gasteiger partial charge in [-0.3, -0.25) is 4.98 Å². The fourth-order valence-electron chi connectivity index (χ4n) is 1.37. The predicted octanol–water partition coefficient (Wildman–Crippen LogP) is 1.13. The Labute approximate surface area is 85.9 Å². The fraction of sp³-hybridized carbons (Fsp3) is 0.545.